The molecule has 424 valence electrons. The molecule has 0 saturated heterocycles. The van der Waals surface area contributed by atoms with Gasteiger partial charge in [-0.3, -0.25) is 9.97 Å². The number of hydrogen-bond acceptors (Lipinski definition) is 14. The fourth-order valence-corrected chi connectivity index (χ4v) is 13.2. The number of nitrogens with two attached hydrogens (primary N) is 1. The zero-order chi connectivity index (χ0) is 56.8. The minimum Gasteiger partial charge on any atom is -0.393 e. The Morgan fingerprint density at radius 2 is 0.988 bits per heavy atom. The van der Waals surface area contributed by atoms with Crippen molar-refractivity contribution in [2.24, 2.45) is 0 Å². The van der Waals surface area contributed by atoms with E-state index in [4.69, 9.17) is 35.3 Å². The lowest BCUT2D eigenvalue weighted by Gasteiger charge is -2.35. The number of benzene rings is 2. The normalized spacial score (nSPS) is 19.8. The highest BCUT2D eigenvalue weighted by Crippen LogP contribution is 2.45. The van der Waals surface area contributed by atoms with Crippen LogP contribution in [0.1, 0.15) is 74.6 Å². The standard InChI is InChI=1S/C36H52BrN5O4Si2.C24H24BrN5O2/c1-47(2,3)20-18-45-25-41(26-46-19-21-48(4,5)6)35-32(37)33(28-14-16-36(44,24-43)17-15-28)40-34-30(23-39-42(34)35)29-12-13-31(38-22-29)27-10-8-7-9-11-27;25-20-21(16-8-10-24(32,14-31)11-9-16)29-23-18(13-28-30(23)22(20)26)17-6-7-19(27-12-17)15-4-2-1-3-5-15/h7-13,22-23,28,43-44H,14-21,24-26H2,1-6H3;1-7,12-13,16,31-32H,8-11,14,26H2. The number of aliphatic hydroxyl groups is 4. The zero-order valence-corrected chi connectivity index (χ0v) is 52.0. The van der Waals surface area contributed by atoms with Gasteiger partial charge >= 0.3 is 0 Å². The molecule has 6 heterocycles. The largest absolute Gasteiger partial charge is 0.393 e. The first kappa shape index (κ1) is 59.4. The Hall–Kier alpha value is -5.27. The molecule has 20 heteroatoms. The molecule has 16 nitrogen and oxygen atoms in total. The predicted molar refractivity (Wildman–Crippen MR) is 330 cm³/mol. The van der Waals surface area contributed by atoms with E-state index in [9.17, 15) is 20.4 Å². The summed E-state index contributed by atoms with van der Waals surface area (Å²) in [6, 6.07) is 30.5. The van der Waals surface area contributed by atoms with Crippen molar-refractivity contribution in [3.63, 3.8) is 0 Å². The number of halogens is 2. The number of anilines is 2. The SMILES string of the molecule is C[Si](C)(C)CCOCN(COCC[Si](C)(C)C)c1c(Br)c(C2CCC(O)(CO)CC2)nc2c(-c3ccc(-c4ccccc4)nc3)cnn12.Nc1c(Br)c(C2CCC(O)(CO)CC2)nc2c(-c3ccc(-c4ccccc4)nc3)cnn12. The number of pyridine rings is 2. The molecule has 0 bridgehead atoms. The summed E-state index contributed by atoms with van der Waals surface area (Å²) in [5.74, 6) is 1.57. The van der Waals surface area contributed by atoms with Gasteiger partial charge in [-0.25, -0.2) is 9.97 Å². The van der Waals surface area contributed by atoms with E-state index in [-0.39, 0.29) is 25.0 Å². The first-order valence-electron chi connectivity index (χ1n) is 27.8. The smallest absolute Gasteiger partial charge is 0.165 e. The molecule has 2 saturated carbocycles. The molecule has 0 atom stereocenters. The van der Waals surface area contributed by atoms with Gasteiger partial charge in [-0.2, -0.15) is 19.2 Å². The Balaban J connectivity index is 0.000000209. The van der Waals surface area contributed by atoms with Gasteiger partial charge < -0.3 is 40.5 Å². The quantitative estimate of drug-likeness (QED) is 0.0289. The second-order valence-corrected chi connectivity index (χ2v) is 36.9. The predicted octanol–water partition coefficient (Wildman–Crippen LogP) is 12.2. The molecule has 10 rings (SSSR count). The van der Waals surface area contributed by atoms with Gasteiger partial charge in [-0.15, -0.1) is 0 Å². The molecule has 0 spiro atoms. The fourth-order valence-electron chi connectivity index (χ4n) is 10.3. The molecule has 0 amide bonds. The molecule has 2 aliphatic rings. The van der Waals surface area contributed by atoms with Gasteiger partial charge in [-0.1, -0.05) is 112 Å². The fraction of sp³-hybridized carbons (Fsp3) is 0.433. The third-order valence-corrected chi connectivity index (χ3v) is 20.5. The summed E-state index contributed by atoms with van der Waals surface area (Å²) in [4.78, 5) is 21.8. The highest BCUT2D eigenvalue weighted by atomic mass is 79.9. The number of rotatable bonds is 19. The van der Waals surface area contributed by atoms with E-state index in [0.29, 0.717) is 76.7 Å². The van der Waals surface area contributed by atoms with E-state index in [1.54, 1.807) is 10.7 Å². The molecule has 0 aliphatic heterocycles. The molecule has 80 heavy (non-hydrogen) atoms. The maximum Gasteiger partial charge on any atom is 0.165 e. The van der Waals surface area contributed by atoms with Crippen molar-refractivity contribution in [3.8, 4) is 44.8 Å². The van der Waals surface area contributed by atoms with Gasteiger partial charge in [0.25, 0.3) is 0 Å². The molecule has 6 aromatic heterocycles. The first-order valence-corrected chi connectivity index (χ1v) is 36.8. The van der Waals surface area contributed by atoms with Crippen molar-refractivity contribution in [1.82, 2.24) is 39.2 Å². The molecular weight excluding hydrogens is 1170 g/mol. The van der Waals surface area contributed by atoms with Crippen molar-refractivity contribution >= 4 is 70.9 Å². The molecule has 8 aromatic rings. The lowest BCUT2D eigenvalue weighted by molar-refractivity contribution is -0.0459. The molecule has 2 aromatic carbocycles. The van der Waals surface area contributed by atoms with Gasteiger partial charge in [0.15, 0.2) is 17.1 Å². The number of aliphatic hydroxyl groups excluding tert-OH is 2. The van der Waals surface area contributed by atoms with Crippen LogP contribution in [0.25, 0.3) is 56.1 Å². The van der Waals surface area contributed by atoms with Crippen LogP contribution in [0, 0.1) is 0 Å². The van der Waals surface area contributed by atoms with Crippen LogP contribution < -0.4 is 10.6 Å². The van der Waals surface area contributed by atoms with Crippen LogP contribution in [-0.4, -0.2) is 127 Å². The number of hydrogen-bond donors (Lipinski definition) is 5. The Bertz CT molecular complexity index is 3300. The van der Waals surface area contributed by atoms with Crippen LogP contribution in [-0.2, 0) is 9.47 Å². The first-order chi connectivity index (χ1) is 38.3. The summed E-state index contributed by atoms with van der Waals surface area (Å²) < 4.78 is 17.8. The van der Waals surface area contributed by atoms with Crippen molar-refractivity contribution in [2.45, 2.75) is 126 Å². The van der Waals surface area contributed by atoms with Gasteiger partial charge in [0.05, 0.1) is 68.5 Å². The van der Waals surface area contributed by atoms with E-state index >= 15 is 0 Å². The summed E-state index contributed by atoms with van der Waals surface area (Å²) in [6.45, 7) is 15.8. The Labute approximate surface area is 488 Å². The lowest BCUT2D eigenvalue weighted by Crippen LogP contribution is -2.37. The highest BCUT2D eigenvalue weighted by Gasteiger charge is 2.37. The van der Waals surface area contributed by atoms with Crippen molar-refractivity contribution < 1.29 is 29.9 Å². The van der Waals surface area contributed by atoms with Crippen LogP contribution in [0.2, 0.25) is 51.4 Å². The van der Waals surface area contributed by atoms with Gasteiger partial charge in [0, 0.05) is 87.0 Å². The van der Waals surface area contributed by atoms with Gasteiger partial charge in [-0.05, 0) is 107 Å². The number of fused-ring (bicyclic) bond motifs is 2. The molecular formula is C60H76Br2N10O6Si2. The third kappa shape index (κ3) is 14.1. The molecule has 0 unspecified atom stereocenters. The average molecular weight is 1250 g/mol. The van der Waals surface area contributed by atoms with Crippen molar-refractivity contribution in [2.75, 3.05) is 50.5 Å². The summed E-state index contributed by atoms with van der Waals surface area (Å²) >= 11 is 7.59. The van der Waals surface area contributed by atoms with E-state index in [1.807, 2.05) is 89.8 Å². The molecule has 2 aliphatic carbocycles. The molecule has 0 radical (unpaired) electrons. The van der Waals surface area contributed by atoms with E-state index in [1.165, 1.54) is 0 Å². The van der Waals surface area contributed by atoms with Crippen LogP contribution in [0.5, 0.6) is 0 Å². The van der Waals surface area contributed by atoms with Crippen LogP contribution in [0.3, 0.4) is 0 Å². The second-order valence-electron chi connectivity index (χ2n) is 24.1. The van der Waals surface area contributed by atoms with E-state index in [0.717, 1.165) is 101 Å². The van der Waals surface area contributed by atoms with Crippen LogP contribution in [0.4, 0.5) is 11.6 Å². The van der Waals surface area contributed by atoms with Crippen LogP contribution in [0.15, 0.2) is 119 Å². The maximum atomic E-state index is 10.8. The highest BCUT2D eigenvalue weighted by molar-refractivity contribution is 9.11. The lowest BCUT2D eigenvalue weighted by atomic mass is 9.78. The van der Waals surface area contributed by atoms with Crippen molar-refractivity contribution in [3.05, 3.63) is 130 Å². The number of aromatic nitrogens is 8. The molecule has 6 N–H and O–H groups in total. The number of nitrogens with zero attached hydrogens (tertiary/aromatic N) is 9. The summed E-state index contributed by atoms with van der Waals surface area (Å²) in [5.41, 5.74) is 15.1. The Morgan fingerprint density at radius 1 is 0.575 bits per heavy atom. The van der Waals surface area contributed by atoms with Gasteiger partial charge in [0.2, 0.25) is 0 Å². The van der Waals surface area contributed by atoms with E-state index in [2.05, 4.69) is 104 Å². The monoisotopic (exact) mass is 1250 g/mol. The Kier molecular flexibility index (Phi) is 18.9. The van der Waals surface area contributed by atoms with Crippen molar-refractivity contribution in [1.29, 1.82) is 0 Å². The number of nitrogen functional groups attached to an aromatic ring is 1. The molecule has 2 fully saturated rings. The maximum absolute atomic E-state index is 10.8. The minimum absolute atomic E-state index is 0.0961. The summed E-state index contributed by atoms with van der Waals surface area (Å²) in [6.07, 6.45) is 12.3. The summed E-state index contributed by atoms with van der Waals surface area (Å²) in [5, 5.41) is 49.8. The second kappa shape index (κ2) is 25.5. The minimum atomic E-state index is -1.27. The number of ether oxygens (including phenoxy) is 2. The Morgan fingerprint density at radius 3 is 1.39 bits per heavy atom. The average Bonchev–Trinajstić information content (AvgIpc) is 4.19. The summed E-state index contributed by atoms with van der Waals surface area (Å²) in [7, 11) is -2.55. The zero-order valence-electron chi connectivity index (χ0n) is 46.8. The van der Waals surface area contributed by atoms with Gasteiger partial charge in [0.1, 0.15) is 19.3 Å². The third-order valence-electron chi connectivity index (χ3n) is 15.5. The van der Waals surface area contributed by atoms with E-state index < -0.39 is 27.3 Å². The van der Waals surface area contributed by atoms with Crippen LogP contribution >= 0.6 is 31.9 Å². The topological polar surface area (TPSA) is 215 Å².